The van der Waals surface area contributed by atoms with Gasteiger partial charge in [-0.15, -0.1) is 10.2 Å². The monoisotopic (exact) mass is 368 g/mol. The lowest BCUT2D eigenvalue weighted by Crippen LogP contribution is -2.37. The van der Waals surface area contributed by atoms with Crippen molar-refractivity contribution in [2.45, 2.75) is 39.7 Å². The minimum atomic E-state index is -1.07. The number of anilines is 2. The van der Waals surface area contributed by atoms with E-state index >= 15 is 0 Å². The molecule has 142 valence electrons. The van der Waals surface area contributed by atoms with Crippen LogP contribution in [-0.2, 0) is 12.8 Å². The van der Waals surface area contributed by atoms with Crippen molar-refractivity contribution in [2.75, 3.05) is 16.8 Å². The summed E-state index contributed by atoms with van der Waals surface area (Å²) in [5.41, 5.74) is 3.06. The highest BCUT2D eigenvalue weighted by Crippen LogP contribution is 2.20. The third kappa shape index (κ3) is 3.99. The number of carboxylic acid groups (broad SMARTS) is 1. The molecule has 3 rings (SSSR count). The van der Waals surface area contributed by atoms with Gasteiger partial charge in [0.05, 0.1) is 0 Å². The van der Waals surface area contributed by atoms with E-state index in [2.05, 4.69) is 51.7 Å². The van der Waals surface area contributed by atoms with Gasteiger partial charge in [0.15, 0.2) is 5.82 Å². The maximum Gasteiger partial charge on any atom is 0.414 e. The average Bonchev–Trinajstić information content (AvgIpc) is 3.06. The molecule has 0 atom stereocenters. The van der Waals surface area contributed by atoms with Crippen molar-refractivity contribution in [1.82, 2.24) is 19.6 Å². The van der Waals surface area contributed by atoms with Crippen LogP contribution >= 0.6 is 0 Å². The Labute approximate surface area is 157 Å². The van der Waals surface area contributed by atoms with Crippen LogP contribution in [0.5, 0.6) is 0 Å². The molecule has 0 aliphatic heterocycles. The SMILES string of the molecule is CCc1ccc(CCNc2nccn3c(N(C(=O)O)C(C)C)nnc23)cc1. The predicted molar refractivity (Wildman–Crippen MR) is 104 cm³/mol. The summed E-state index contributed by atoms with van der Waals surface area (Å²) in [5.74, 6) is 0.837. The molecule has 0 saturated heterocycles. The molecule has 2 aromatic heterocycles. The number of aryl methyl sites for hydroxylation is 1. The Morgan fingerprint density at radius 2 is 1.93 bits per heavy atom. The van der Waals surface area contributed by atoms with Gasteiger partial charge in [0, 0.05) is 25.0 Å². The van der Waals surface area contributed by atoms with E-state index in [0.29, 0.717) is 18.0 Å². The number of nitrogens with one attached hydrogen (secondary N) is 1. The second-order valence-corrected chi connectivity index (χ2v) is 6.56. The summed E-state index contributed by atoms with van der Waals surface area (Å²) in [6.07, 6.45) is 4.08. The standard InChI is InChI=1S/C19H24N6O2/c1-4-14-5-7-15(8-6-14)9-10-20-16-17-22-23-18(24(17)12-11-21-16)25(13(2)3)19(26)27/h5-8,11-13H,4,9-10H2,1-3H3,(H,20,21)(H,26,27). The second-order valence-electron chi connectivity index (χ2n) is 6.56. The van der Waals surface area contributed by atoms with Gasteiger partial charge in [-0.1, -0.05) is 31.2 Å². The van der Waals surface area contributed by atoms with E-state index in [4.69, 9.17) is 0 Å². The molecule has 0 unspecified atom stereocenters. The van der Waals surface area contributed by atoms with Crippen molar-refractivity contribution in [1.29, 1.82) is 0 Å². The van der Waals surface area contributed by atoms with Gasteiger partial charge < -0.3 is 10.4 Å². The summed E-state index contributed by atoms with van der Waals surface area (Å²) in [6, 6.07) is 8.30. The number of hydrogen-bond acceptors (Lipinski definition) is 5. The molecule has 27 heavy (non-hydrogen) atoms. The van der Waals surface area contributed by atoms with E-state index in [1.165, 1.54) is 16.0 Å². The Balaban J connectivity index is 1.76. The summed E-state index contributed by atoms with van der Waals surface area (Å²) in [7, 11) is 0. The number of rotatable bonds is 7. The molecular weight excluding hydrogens is 344 g/mol. The highest BCUT2D eigenvalue weighted by Gasteiger charge is 2.24. The number of carbonyl (C=O) groups is 1. The Kier molecular flexibility index (Phi) is 5.54. The van der Waals surface area contributed by atoms with Crippen LogP contribution in [-0.4, -0.2) is 43.4 Å². The molecule has 3 aromatic rings. The lowest BCUT2D eigenvalue weighted by atomic mass is 10.1. The average molecular weight is 368 g/mol. The zero-order chi connectivity index (χ0) is 19.4. The molecule has 1 amide bonds. The van der Waals surface area contributed by atoms with Gasteiger partial charge in [0.25, 0.3) is 0 Å². The van der Waals surface area contributed by atoms with Gasteiger partial charge in [-0.05, 0) is 37.8 Å². The summed E-state index contributed by atoms with van der Waals surface area (Å²) >= 11 is 0. The minimum Gasteiger partial charge on any atom is -0.465 e. The van der Waals surface area contributed by atoms with Crippen molar-refractivity contribution in [3.05, 3.63) is 47.8 Å². The van der Waals surface area contributed by atoms with Crippen molar-refractivity contribution < 1.29 is 9.90 Å². The van der Waals surface area contributed by atoms with Crippen molar-refractivity contribution in [3.63, 3.8) is 0 Å². The second kappa shape index (κ2) is 8.03. The first-order valence-electron chi connectivity index (χ1n) is 9.04. The molecular formula is C19H24N6O2. The zero-order valence-corrected chi connectivity index (χ0v) is 15.8. The van der Waals surface area contributed by atoms with Crippen LogP contribution in [0.15, 0.2) is 36.7 Å². The van der Waals surface area contributed by atoms with Gasteiger partial charge in [0.1, 0.15) is 0 Å². The van der Waals surface area contributed by atoms with E-state index in [-0.39, 0.29) is 12.0 Å². The lowest BCUT2D eigenvalue weighted by Gasteiger charge is -2.20. The quantitative estimate of drug-likeness (QED) is 0.665. The predicted octanol–water partition coefficient (Wildman–Crippen LogP) is 3.23. The van der Waals surface area contributed by atoms with Crippen LogP contribution < -0.4 is 10.2 Å². The first-order valence-corrected chi connectivity index (χ1v) is 9.04. The Bertz CT molecular complexity index is 920. The number of amides is 1. The Morgan fingerprint density at radius 3 is 2.56 bits per heavy atom. The smallest absolute Gasteiger partial charge is 0.414 e. The molecule has 0 saturated carbocycles. The zero-order valence-electron chi connectivity index (χ0n) is 15.8. The molecule has 0 aliphatic carbocycles. The highest BCUT2D eigenvalue weighted by atomic mass is 16.4. The summed E-state index contributed by atoms with van der Waals surface area (Å²) in [5, 5.41) is 20.9. The molecule has 0 radical (unpaired) electrons. The normalized spacial score (nSPS) is 11.1. The third-order valence-corrected chi connectivity index (χ3v) is 4.38. The van der Waals surface area contributed by atoms with E-state index in [1.807, 2.05) is 0 Å². The van der Waals surface area contributed by atoms with E-state index in [9.17, 15) is 9.90 Å². The van der Waals surface area contributed by atoms with Gasteiger partial charge in [-0.3, -0.25) is 4.40 Å². The number of nitrogens with zero attached hydrogens (tertiary/aromatic N) is 5. The van der Waals surface area contributed by atoms with Crippen LogP contribution in [0.2, 0.25) is 0 Å². The third-order valence-electron chi connectivity index (χ3n) is 4.38. The maximum atomic E-state index is 11.6. The molecule has 1 aromatic carbocycles. The minimum absolute atomic E-state index is 0.258. The molecule has 8 heteroatoms. The fourth-order valence-corrected chi connectivity index (χ4v) is 2.91. The van der Waals surface area contributed by atoms with E-state index in [1.54, 1.807) is 30.6 Å². The van der Waals surface area contributed by atoms with Crippen LogP contribution in [0.25, 0.3) is 5.65 Å². The van der Waals surface area contributed by atoms with Crippen molar-refractivity contribution in [3.8, 4) is 0 Å². The number of fused-ring (bicyclic) bond motifs is 1. The van der Waals surface area contributed by atoms with Crippen LogP contribution in [0, 0.1) is 0 Å². The summed E-state index contributed by atoms with van der Waals surface area (Å²) in [4.78, 5) is 17.1. The van der Waals surface area contributed by atoms with Crippen molar-refractivity contribution in [2.24, 2.45) is 0 Å². The molecule has 2 N–H and O–H groups in total. The van der Waals surface area contributed by atoms with Gasteiger partial charge >= 0.3 is 6.09 Å². The fourth-order valence-electron chi connectivity index (χ4n) is 2.91. The highest BCUT2D eigenvalue weighted by molar-refractivity contribution is 5.85. The van der Waals surface area contributed by atoms with Crippen LogP contribution in [0.1, 0.15) is 31.9 Å². The first kappa shape index (κ1) is 18.6. The van der Waals surface area contributed by atoms with Crippen molar-refractivity contribution >= 4 is 23.5 Å². The molecule has 0 bridgehead atoms. The largest absolute Gasteiger partial charge is 0.465 e. The molecule has 2 heterocycles. The Morgan fingerprint density at radius 1 is 1.22 bits per heavy atom. The fraction of sp³-hybridized carbons (Fsp3) is 0.368. The van der Waals surface area contributed by atoms with Gasteiger partial charge in [0.2, 0.25) is 11.6 Å². The number of hydrogen-bond donors (Lipinski definition) is 2. The molecule has 0 aliphatic rings. The summed E-state index contributed by atoms with van der Waals surface area (Å²) in [6.45, 7) is 6.41. The Hall–Kier alpha value is -3.16. The number of benzene rings is 1. The van der Waals surface area contributed by atoms with E-state index in [0.717, 1.165) is 12.8 Å². The summed E-state index contributed by atoms with van der Waals surface area (Å²) < 4.78 is 1.64. The molecule has 0 fully saturated rings. The topological polar surface area (TPSA) is 95.7 Å². The molecule has 8 nitrogen and oxygen atoms in total. The van der Waals surface area contributed by atoms with Gasteiger partial charge in [-0.2, -0.15) is 0 Å². The van der Waals surface area contributed by atoms with E-state index < -0.39 is 6.09 Å². The number of aromatic nitrogens is 4. The maximum absolute atomic E-state index is 11.6. The molecule has 0 spiro atoms. The first-order chi connectivity index (χ1) is 13.0. The van der Waals surface area contributed by atoms with Crippen LogP contribution in [0.3, 0.4) is 0 Å². The van der Waals surface area contributed by atoms with Gasteiger partial charge in [-0.25, -0.2) is 14.7 Å². The van der Waals surface area contributed by atoms with Crippen LogP contribution in [0.4, 0.5) is 16.6 Å². The lowest BCUT2D eigenvalue weighted by molar-refractivity contribution is 0.199.